The number of anilines is 1. The van der Waals surface area contributed by atoms with E-state index in [2.05, 4.69) is 33.0 Å². The number of rotatable bonds is 5. The molecule has 0 spiro atoms. The van der Waals surface area contributed by atoms with Gasteiger partial charge in [0, 0.05) is 50.0 Å². The summed E-state index contributed by atoms with van der Waals surface area (Å²) in [7, 11) is 0. The van der Waals surface area contributed by atoms with E-state index in [0.29, 0.717) is 5.56 Å². The number of ether oxygens (including phenoxy) is 2. The van der Waals surface area contributed by atoms with Gasteiger partial charge in [0.2, 0.25) is 6.79 Å². The molecule has 1 saturated heterocycles. The highest BCUT2D eigenvalue weighted by atomic mass is 16.7. The van der Waals surface area contributed by atoms with Crippen LogP contribution < -0.4 is 14.4 Å². The number of hydrogen-bond acceptors (Lipinski definition) is 6. The normalized spacial score (nSPS) is 15.8. The molecule has 0 aliphatic carbocycles. The lowest BCUT2D eigenvalue weighted by Gasteiger charge is -2.35. The number of carbonyl (C=O) groups excluding carboxylic acids is 1. The molecule has 0 unspecified atom stereocenters. The van der Waals surface area contributed by atoms with Crippen molar-refractivity contribution in [2.45, 2.75) is 13.3 Å². The molecule has 2 aliphatic heterocycles. The van der Waals surface area contributed by atoms with Crippen LogP contribution in [0.4, 0.5) is 5.82 Å². The summed E-state index contributed by atoms with van der Waals surface area (Å²) in [6, 6.07) is 20.0. The first-order valence-corrected chi connectivity index (χ1v) is 11.8. The van der Waals surface area contributed by atoms with Gasteiger partial charge in [-0.15, -0.1) is 0 Å². The van der Waals surface area contributed by atoms with Crippen molar-refractivity contribution in [3.63, 3.8) is 0 Å². The van der Waals surface area contributed by atoms with Crippen LogP contribution in [0.2, 0.25) is 0 Å². The molecule has 0 atom stereocenters. The van der Waals surface area contributed by atoms with E-state index in [9.17, 15) is 4.79 Å². The van der Waals surface area contributed by atoms with Gasteiger partial charge in [-0.05, 0) is 43.2 Å². The average Bonchev–Trinajstić information content (AvgIpc) is 2.87. The van der Waals surface area contributed by atoms with E-state index in [4.69, 9.17) is 9.47 Å². The van der Waals surface area contributed by atoms with Crippen LogP contribution in [0, 0.1) is 0 Å². The maximum absolute atomic E-state index is 12.0. The zero-order valence-corrected chi connectivity index (χ0v) is 19.4. The first-order chi connectivity index (χ1) is 16.7. The van der Waals surface area contributed by atoms with Crippen LogP contribution in [-0.4, -0.2) is 55.2 Å². The quantitative estimate of drug-likeness (QED) is 0.522. The second-order valence-corrected chi connectivity index (χ2v) is 8.56. The number of aromatic nitrogens is 1. The van der Waals surface area contributed by atoms with Gasteiger partial charge in [0.05, 0.1) is 5.56 Å². The minimum atomic E-state index is 0.0601. The third-order valence-corrected chi connectivity index (χ3v) is 6.41. The van der Waals surface area contributed by atoms with Gasteiger partial charge in [-0.25, -0.2) is 4.98 Å². The summed E-state index contributed by atoms with van der Waals surface area (Å²) in [5.41, 5.74) is 4.03. The lowest BCUT2D eigenvalue weighted by molar-refractivity contribution is 0.101. The van der Waals surface area contributed by atoms with Crippen LogP contribution >= 0.6 is 0 Å². The molecule has 2 aliphatic rings. The minimum Gasteiger partial charge on any atom is -0.457 e. The number of nitrogens with zero attached hydrogens (tertiary/aromatic N) is 3. The van der Waals surface area contributed by atoms with Gasteiger partial charge in [0.15, 0.2) is 5.78 Å². The first-order valence-electron chi connectivity index (χ1n) is 11.8. The smallest absolute Gasteiger partial charge is 0.230 e. The maximum atomic E-state index is 12.0. The predicted octanol–water partition coefficient (Wildman–Crippen LogP) is 4.66. The number of hydrogen-bond donors (Lipinski definition) is 0. The van der Waals surface area contributed by atoms with E-state index < -0.39 is 0 Å². The van der Waals surface area contributed by atoms with E-state index in [1.807, 2.05) is 48.5 Å². The van der Waals surface area contributed by atoms with Crippen LogP contribution in [-0.2, 0) is 0 Å². The number of carbonyl (C=O) groups is 1. The maximum Gasteiger partial charge on any atom is 0.230 e. The predicted molar refractivity (Wildman–Crippen MR) is 134 cm³/mol. The van der Waals surface area contributed by atoms with E-state index >= 15 is 0 Å². The molecule has 0 N–H and O–H groups in total. The zero-order valence-electron chi connectivity index (χ0n) is 19.4. The standard InChI is InChI=1S/C28H29N3O3/c1-21(32)22-10-6-14-29-28(22)31-18-16-30(17-19-31)15-7-11-23-24-8-2-4-12-26(24)33-20-34-27-13-5-3-9-25(23)27/h2-6,8-14H,7,15-20H2,1H3. The second kappa shape index (κ2) is 10.1. The molecule has 0 bridgehead atoms. The van der Waals surface area contributed by atoms with Crippen LogP contribution in [0.25, 0.3) is 5.57 Å². The Labute approximate surface area is 200 Å². The summed E-state index contributed by atoms with van der Waals surface area (Å²) in [4.78, 5) is 21.2. The van der Waals surface area contributed by atoms with Crippen molar-refractivity contribution in [2.24, 2.45) is 0 Å². The number of Topliss-reactive ketones (excluding diaryl/α,β-unsaturated/α-hetero) is 1. The Kier molecular flexibility index (Phi) is 6.58. The van der Waals surface area contributed by atoms with Crippen molar-refractivity contribution in [1.29, 1.82) is 0 Å². The van der Waals surface area contributed by atoms with E-state index in [1.165, 1.54) is 0 Å². The summed E-state index contributed by atoms with van der Waals surface area (Å²) < 4.78 is 11.8. The Morgan fingerprint density at radius 2 is 1.56 bits per heavy atom. The molecular weight excluding hydrogens is 426 g/mol. The van der Waals surface area contributed by atoms with Crippen molar-refractivity contribution in [3.8, 4) is 11.5 Å². The van der Waals surface area contributed by atoms with Gasteiger partial charge in [-0.1, -0.05) is 42.5 Å². The number of pyridine rings is 1. The van der Waals surface area contributed by atoms with Crippen LogP contribution in [0.5, 0.6) is 11.5 Å². The Morgan fingerprint density at radius 1 is 0.912 bits per heavy atom. The molecule has 1 aromatic heterocycles. The highest BCUT2D eigenvalue weighted by molar-refractivity contribution is 5.98. The molecular formula is C28H29N3O3. The highest BCUT2D eigenvalue weighted by Gasteiger charge is 2.22. The number of para-hydroxylation sites is 2. The van der Waals surface area contributed by atoms with Crippen molar-refractivity contribution in [1.82, 2.24) is 9.88 Å². The summed E-state index contributed by atoms with van der Waals surface area (Å²) >= 11 is 0. The average molecular weight is 456 g/mol. The van der Waals surface area contributed by atoms with E-state index in [0.717, 1.165) is 73.2 Å². The van der Waals surface area contributed by atoms with Crippen molar-refractivity contribution in [3.05, 3.63) is 89.6 Å². The molecule has 2 aromatic carbocycles. The molecule has 3 heterocycles. The summed E-state index contributed by atoms with van der Waals surface area (Å²) in [5, 5.41) is 0. The monoisotopic (exact) mass is 455 g/mol. The lowest BCUT2D eigenvalue weighted by atomic mass is 9.95. The van der Waals surface area contributed by atoms with Crippen molar-refractivity contribution < 1.29 is 14.3 Å². The lowest BCUT2D eigenvalue weighted by Crippen LogP contribution is -2.47. The third kappa shape index (κ3) is 4.68. The molecule has 6 heteroatoms. The third-order valence-electron chi connectivity index (χ3n) is 6.41. The van der Waals surface area contributed by atoms with Crippen molar-refractivity contribution >= 4 is 17.2 Å². The molecule has 34 heavy (non-hydrogen) atoms. The van der Waals surface area contributed by atoms with E-state index in [-0.39, 0.29) is 12.6 Å². The Balaban J connectivity index is 1.29. The summed E-state index contributed by atoms with van der Waals surface area (Å²) in [6.07, 6.45) is 4.98. The van der Waals surface area contributed by atoms with Crippen LogP contribution in [0.15, 0.2) is 72.9 Å². The van der Waals surface area contributed by atoms with Crippen molar-refractivity contribution in [2.75, 3.05) is 44.4 Å². The Morgan fingerprint density at radius 3 is 2.21 bits per heavy atom. The number of fused-ring (bicyclic) bond motifs is 2. The zero-order chi connectivity index (χ0) is 23.3. The number of ketones is 1. The molecule has 0 radical (unpaired) electrons. The first kappa shape index (κ1) is 22.2. The fraction of sp³-hybridized carbons (Fsp3) is 0.286. The Bertz CT molecular complexity index is 1150. The second-order valence-electron chi connectivity index (χ2n) is 8.56. The molecule has 0 amide bonds. The molecule has 5 rings (SSSR count). The van der Waals surface area contributed by atoms with Gasteiger partial charge in [-0.3, -0.25) is 9.69 Å². The van der Waals surface area contributed by atoms with Crippen LogP contribution in [0.1, 0.15) is 34.8 Å². The fourth-order valence-electron chi connectivity index (χ4n) is 4.65. The highest BCUT2D eigenvalue weighted by Crippen LogP contribution is 2.37. The van der Waals surface area contributed by atoms with Crippen LogP contribution in [0.3, 0.4) is 0 Å². The van der Waals surface area contributed by atoms with E-state index in [1.54, 1.807) is 13.1 Å². The number of piperazine rings is 1. The molecule has 0 saturated carbocycles. The van der Waals surface area contributed by atoms with Gasteiger partial charge in [0.1, 0.15) is 17.3 Å². The fourth-order valence-corrected chi connectivity index (χ4v) is 4.65. The Hall–Kier alpha value is -3.64. The molecule has 174 valence electrons. The largest absolute Gasteiger partial charge is 0.457 e. The van der Waals surface area contributed by atoms with Gasteiger partial charge >= 0.3 is 0 Å². The number of benzene rings is 2. The molecule has 6 nitrogen and oxygen atoms in total. The summed E-state index contributed by atoms with van der Waals surface area (Å²) in [5.74, 6) is 2.55. The topological polar surface area (TPSA) is 54.9 Å². The van der Waals surface area contributed by atoms with Gasteiger partial charge in [-0.2, -0.15) is 0 Å². The van der Waals surface area contributed by atoms with Gasteiger partial charge in [0.25, 0.3) is 0 Å². The molecule has 3 aromatic rings. The van der Waals surface area contributed by atoms with Gasteiger partial charge < -0.3 is 14.4 Å². The summed E-state index contributed by atoms with van der Waals surface area (Å²) in [6.45, 7) is 6.37. The SMILES string of the molecule is CC(=O)c1cccnc1N1CCN(CCC=C2c3ccccc3OCOc3ccccc32)CC1. The molecule has 1 fully saturated rings. The minimum absolute atomic E-state index is 0.0601.